The van der Waals surface area contributed by atoms with Crippen molar-refractivity contribution < 1.29 is 63.3 Å². The first-order valence-electron chi connectivity index (χ1n) is 16.8. The van der Waals surface area contributed by atoms with Crippen molar-refractivity contribution >= 4 is 75.1 Å². The topological polar surface area (TPSA) is 368 Å². The van der Waals surface area contributed by atoms with E-state index in [0.717, 1.165) is 0 Å². The zero-order chi connectivity index (χ0) is 41.9. The van der Waals surface area contributed by atoms with Crippen molar-refractivity contribution in [2.45, 2.75) is 103 Å². The van der Waals surface area contributed by atoms with Crippen molar-refractivity contribution in [3.63, 3.8) is 0 Å². The lowest BCUT2D eigenvalue weighted by molar-refractivity contribution is -0.139. The Bertz CT molecular complexity index is 1380. The Morgan fingerprint density at radius 1 is 0.593 bits per heavy atom. The molecule has 0 aliphatic heterocycles. The summed E-state index contributed by atoms with van der Waals surface area (Å²) in [7, 11) is 0. The predicted molar refractivity (Wildman–Crippen MR) is 191 cm³/mol. The van der Waals surface area contributed by atoms with Crippen LogP contribution in [-0.2, 0) is 47.9 Å². The third kappa shape index (κ3) is 18.2. The van der Waals surface area contributed by atoms with Gasteiger partial charge < -0.3 is 64.0 Å². The van der Waals surface area contributed by atoms with Crippen molar-refractivity contribution in [1.82, 2.24) is 37.2 Å². The SMILES string of the molecule is CC(C)[C@H](NC(=O)CNC(=O)[C@@H](NC(=O)[C@@H](NC(=O)[C@H](CCC(=O)O)NC(=O)CBr)[C@@H](C)O)C(C)C)C(=O)N[C@@H](CO)C(=O)N[C@@H](CCC(N)=O)C(N)=O. The maximum Gasteiger partial charge on any atom is 0.303 e. The molecule has 0 radical (unpaired) electrons. The Labute approximate surface area is 319 Å². The van der Waals surface area contributed by atoms with Crippen molar-refractivity contribution in [3.05, 3.63) is 0 Å². The molecule has 0 aromatic rings. The summed E-state index contributed by atoms with van der Waals surface area (Å²) in [5, 5.41) is 45.0. The molecule has 0 aliphatic rings. The van der Waals surface area contributed by atoms with Gasteiger partial charge in [-0.25, -0.2) is 0 Å². The molecule has 54 heavy (non-hydrogen) atoms. The molecule has 0 rings (SSSR count). The van der Waals surface area contributed by atoms with Gasteiger partial charge in [0.1, 0.15) is 36.3 Å². The summed E-state index contributed by atoms with van der Waals surface area (Å²) in [4.78, 5) is 123. The molecule has 0 heterocycles. The fraction of sp³-hybridized carbons (Fsp3) is 0.677. The number of amides is 9. The van der Waals surface area contributed by atoms with E-state index in [4.69, 9.17) is 16.6 Å². The van der Waals surface area contributed by atoms with Crippen LogP contribution in [0.2, 0.25) is 0 Å². The van der Waals surface area contributed by atoms with Crippen molar-refractivity contribution in [2.75, 3.05) is 18.5 Å². The number of carboxylic acid groups (broad SMARTS) is 1. The first-order chi connectivity index (χ1) is 25.0. The van der Waals surface area contributed by atoms with E-state index in [1.165, 1.54) is 6.92 Å². The summed E-state index contributed by atoms with van der Waals surface area (Å²) in [5.41, 5.74) is 10.3. The molecular formula is C31H52BrN9O13. The molecule has 0 aliphatic carbocycles. The molecule has 14 N–H and O–H groups in total. The second-order valence-corrected chi connectivity index (χ2v) is 13.4. The Morgan fingerprint density at radius 3 is 1.54 bits per heavy atom. The van der Waals surface area contributed by atoms with Crippen LogP contribution in [0.15, 0.2) is 0 Å². The largest absolute Gasteiger partial charge is 0.481 e. The van der Waals surface area contributed by atoms with Crippen LogP contribution in [0.3, 0.4) is 0 Å². The second-order valence-electron chi connectivity index (χ2n) is 12.9. The predicted octanol–water partition coefficient (Wildman–Crippen LogP) is -5.29. The lowest BCUT2D eigenvalue weighted by atomic mass is 10.0. The van der Waals surface area contributed by atoms with Gasteiger partial charge in [-0.3, -0.25) is 47.9 Å². The summed E-state index contributed by atoms with van der Waals surface area (Å²) in [6.45, 7) is 5.75. The van der Waals surface area contributed by atoms with Crippen LogP contribution >= 0.6 is 15.9 Å². The molecule has 306 valence electrons. The van der Waals surface area contributed by atoms with E-state index in [1.807, 2.05) is 0 Å². The van der Waals surface area contributed by atoms with Gasteiger partial charge in [0.2, 0.25) is 53.2 Å². The van der Waals surface area contributed by atoms with Gasteiger partial charge in [-0.15, -0.1) is 0 Å². The maximum atomic E-state index is 13.2. The number of primary amides is 2. The minimum Gasteiger partial charge on any atom is -0.481 e. The molecule has 9 amide bonds. The number of alkyl halides is 1. The van der Waals surface area contributed by atoms with Crippen molar-refractivity contribution in [3.8, 4) is 0 Å². The number of carbonyl (C=O) groups excluding carboxylic acids is 9. The number of hydrogen-bond donors (Lipinski definition) is 12. The van der Waals surface area contributed by atoms with Crippen LogP contribution < -0.4 is 48.7 Å². The standard InChI is InChI=1S/C31H52BrN9O13/c1-13(2)23(40-31(54)25(15(5)43)41-27(50)17(7-9-22(47)48)36-20(45)10-32)29(52)35-11-21(46)39-24(14(3)4)30(53)38-18(12-42)28(51)37-16(26(34)49)6-8-19(33)44/h13-18,23-25,42-43H,6-12H2,1-5H3,(H2,33,44)(H2,34,49)(H,35,52)(H,36,45)(H,37,51)(H,38,53)(H,39,46)(H,40,54)(H,41,50)(H,47,48)/t15-,16+,17+,18+,23+,24+,25+/m1/s1. The van der Waals surface area contributed by atoms with Crippen molar-refractivity contribution in [1.29, 1.82) is 0 Å². The van der Waals surface area contributed by atoms with E-state index in [2.05, 4.69) is 53.1 Å². The molecule has 0 fully saturated rings. The first-order valence-corrected chi connectivity index (χ1v) is 17.9. The molecule has 0 unspecified atom stereocenters. The van der Waals surface area contributed by atoms with E-state index >= 15 is 0 Å². The zero-order valence-corrected chi connectivity index (χ0v) is 32.2. The number of aliphatic hydroxyl groups excluding tert-OH is 2. The summed E-state index contributed by atoms with van der Waals surface area (Å²) < 4.78 is 0. The van der Waals surface area contributed by atoms with Gasteiger partial charge in [-0.2, -0.15) is 0 Å². The summed E-state index contributed by atoms with van der Waals surface area (Å²) in [5.74, 6) is -10.5. The zero-order valence-electron chi connectivity index (χ0n) is 30.6. The van der Waals surface area contributed by atoms with Crippen LogP contribution in [0.4, 0.5) is 0 Å². The highest BCUT2D eigenvalue weighted by Crippen LogP contribution is 2.07. The minimum absolute atomic E-state index is 0.205. The van der Waals surface area contributed by atoms with Crippen LogP contribution in [0.1, 0.15) is 60.3 Å². The molecule has 0 saturated heterocycles. The molecule has 7 atom stereocenters. The van der Waals surface area contributed by atoms with Crippen molar-refractivity contribution in [2.24, 2.45) is 23.3 Å². The Balaban J connectivity index is 5.61. The van der Waals surface area contributed by atoms with Gasteiger partial charge in [0.15, 0.2) is 0 Å². The Kier molecular flexibility index (Phi) is 22.2. The molecule has 23 heteroatoms. The van der Waals surface area contributed by atoms with E-state index in [9.17, 15) is 58.2 Å². The monoisotopic (exact) mass is 837 g/mol. The Morgan fingerprint density at radius 2 is 1.07 bits per heavy atom. The van der Waals surface area contributed by atoms with Crippen LogP contribution in [-0.4, -0.2) is 135 Å². The number of rotatable bonds is 25. The van der Waals surface area contributed by atoms with Crippen LogP contribution in [0.25, 0.3) is 0 Å². The third-order valence-corrected chi connectivity index (χ3v) is 8.08. The molecule has 0 saturated carbocycles. The smallest absolute Gasteiger partial charge is 0.303 e. The number of aliphatic hydroxyl groups is 2. The molecule has 0 spiro atoms. The summed E-state index contributed by atoms with van der Waals surface area (Å²) in [6, 6.07) is -8.58. The van der Waals surface area contributed by atoms with Crippen LogP contribution in [0, 0.1) is 11.8 Å². The number of halogens is 1. The Hall–Kier alpha value is -4.90. The van der Waals surface area contributed by atoms with E-state index in [-0.39, 0.29) is 24.6 Å². The van der Waals surface area contributed by atoms with E-state index < -0.39 is 133 Å². The number of carbonyl (C=O) groups is 10. The fourth-order valence-electron chi connectivity index (χ4n) is 4.54. The summed E-state index contributed by atoms with van der Waals surface area (Å²) >= 11 is 2.91. The van der Waals surface area contributed by atoms with E-state index in [0.29, 0.717) is 0 Å². The van der Waals surface area contributed by atoms with Gasteiger partial charge >= 0.3 is 5.97 Å². The fourth-order valence-corrected chi connectivity index (χ4v) is 4.71. The van der Waals surface area contributed by atoms with Crippen LogP contribution in [0.5, 0.6) is 0 Å². The minimum atomic E-state index is -1.66. The van der Waals surface area contributed by atoms with Gasteiger partial charge in [0.05, 0.1) is 24.6 Å². The highest BCUT2D eigenvalue weighted by Gasteiger charge is 2.34. The molecular weight excluding hydrogens is 786 g/mol. The average molecular weight is 839 g/mol. The molecule has 0 aromatic carbocycles. The molecule has 22 nitrogen and oxygen atoms in total. The highest BCUT2D eigenvalue weighted by atomic mass is 79.9. The van der Waals surface area contributed by atoms with E-state index in [1.54, 1.807) is 27.7 Å². The highest BCUT2D eigenvalue weighted by molar-refractivity contribution is 9.09. The first kappa shape index (κ1) is 49.1. The number of aliphatic carboxylic acids is 1. The third-order valence-electron chi connectivity index (χ3n) is 7.57. The van der Waals surface area contributed by atoms with Gasteiger partial charge in [0, 0.05) is 12.8 Å². The molecule has 0 bridgehead atoms. The van der Waals surface area contributed by atoms with Gasteiger partial charge in [-0.1, -0.05) is 43.6 Å². The maximum absolute atomic E-state index is 13.2. The number of nitrogens with two attached hydrogens (primary N) is 2. The average Bonchev–Trinajstić information content (AvgIpc) is 3.08. The lowest BCUT2D eigenvalue weighted by Crippen LogP contribution is -2.61. The lowest BCUT2D eigenvalue weighted by Gasteiger charge is -2.28. The number of carboxylic acids is 1. The van der Waals surface area contributed by atoms with Gasteiger partial charge in [-0.05, 0) is 31.6 Å². The quantitative estimate of drug-likeness (QED) is 0.0383. The van der Waals surface area contributed by atoms with Gasteiger partial charge in [0.25, 0.3) is 0 Å². The number of hydrogen-bond acceptors (Lipinski definition) is 12. The molecule has 0 aromatic heterocycles. The normalized spacial score (nSPS) is 14.9. The summed E-state index contributed by atoms with van der Waals surface area (Å²) in [6.07, 6.45) is -2.87. The second kappa shape index (κ2) is 24.4. The number of nitrogens with one attached hydrogen (secondary N) is 7.